The lowest BCUT2D eigenvalue weighted by Crippen LogP contribution is -2.44. The van der Waals surface area contributed by atoms with E-state index in [0.717, 1.165) is 3.57 Å². The van der Waals surface area contributed by atoms with E-state index in [1.165, 1.54) is 0 Å². The number of hydrogen-bond donors (Lipinski definition) is 3. The Labute approximate surface area is 130 Å². The highest BCUT2D eigenvalue weighted by atomic mass is 127. The third-order valence-electron chi connectivity index (χ3n) is 3.06. The molecular weight excluding hydrogens is 381 g/mol. The Hall–Kier alpha value is -1.02. The lowest BCUT2D eigenvalue weighted by Gasteiger charge is -2.25. The number of benzene rings is 1. The Bertz CT molecular complexity index is 522. The van der Waals surface area contributed by atoms with Crippen LogP contribution in [0.1, 0.15) is 20.3 Å². The first-order valence-electron chi connectivity index (χ1n) is 5.59. The van der Waals surface area contributed by atoms with Gasteiger partial charge in [0.05, 0.1) is 10.7 Å². The van der Waals surface area contributed by atoms with Crippen LogP contribution in [-0.2, 0) is 4.79 Å². The molecule has 0 bridgehead atoms. The van der Waals surface area contributed by atoms with Crippen LogP contribution < -0.4 is 11.1 Å². The third-order valence-corrected chi connectivity index (χ3v) is 4.04. The third kappa shape index (κ3) is 3.50. The van der Waals surface area contributed by atoms with Gasteiger partial charge in [0.25, 0.3) is 0 Å². The Balaban J connectivity index is 3.01. The number of nitrogens with zero attached hydrogens (tertiary/aromatic N) is 1. The van der Waals surface area contributed by atoms with Crippen molar-refractivity contribution in [2.45, 2.75) is 20.3 Å². The van der Waals surface area contributed by atoms with Gasteiger partial charge in [0.15, 0.2) is 5.84 Å². The van der Waals surface area contributed by atoms with E-state index in [1.807, 2.05) is 6.07 Å². The van der Waals surface area contributed by atoms with Crippen molar-refractivity contribution in [1.82, 2.24) is 0 Å². The van der Waals surface area contributed by atoms with Crippen molar-refractivity contribution < 1.29 is 10.0 Å². The van der Waals surface area contributed by atoms with Crippen LogP contribution in [0.25, 0.3) is 0 Å². The predicted molar refractivity (Wildman–Crippen MR) is 84.6 cm³/mol. The van der Waals surface area contributed by atoms with E-state index < -0.39 is 5.41 Å². The minimum atomic E-state index is -1.08. The molecule has 7 heteroatoms. The Morgan fingerprint density at radius 3 is 2.74 bits per heavy atom. The molecule has 104 valence electrons. The molecule has 1 rings (SSSR count). The lowest BCUT2D eigenvalue weighted by molar-refractivity contribution is -0.121. The Morgan fingerprint density at radius 2 is 2.26 bits per heavy atom. The van der Waals surface area contributed by atoms with E-state index in [1.54, 1.807) is 26.0 Å². The van der Waals surface area contributed by atoms with Crippen LogP contribution in [0.3, 0.4) is 0 Å². The summed E-state index contributed by atoms with van der Waals surface area (Å²) in [7, 11) is 0. The number of halogens is 2. The monoisotopic (exact) mass is 395 g/mol. The van der Waals surface area contributed by atoms with E-state index in [-0.39, 0.29) is 11.7 Å². The number of anilines is 1. The van der Waals surface area contributed by atoms with E-state index in [9.17, 15) is 4.79 Å². The number of carbonyl (C=O) groups excluding carboxylic acids is 1. The zero-order valence-corrected chi connectivity index (χ0v) is 13.5. The minimum Gasteiger partial charge on any atom is -0.409 e. The van der Waals surface area contributed by atoms with Crippen LogP contribution in [0, 0.1) is 8.99 Å². The quantitative estimate of drug-likeness (QED) is 0.241. The first-order valence-corrected chi connectivity index (χ1v) is 7.05. The van der Waals surface area contributed by atoms with Crippen LogP contribution in [-0.4, -0.2) is 17.0 Å². The average Bonchev–Trinajstić information content (AvgIpc) is 2.39. The van der Waals surface area contributed by atoms with Gasteiger partial charge in [-0.15, -0.1) is 0 Å². The summed E-state index contributed by atoms with van der Waals surface area (Å²) in [5.74, 6) is -0.498. The number of amidine groups is 1. The number of nitrogens with one attached hydrogen (secondary N) is 1. The van der Waals surface area contributed by atoms with Crippen LogP contribution in [0.15, 0.2) is 23.4 Å². The van der Waals surface area contributed by atoms with E-state index >= 15 is 0 Å². The molecule has 19 heavy (non-hydrogen) atoms. The molecule has 1 aromatic rings. The molecule has 0 aliphatic rings. The summed E-state index contributed by atoms with van der Waals surface area (Å²) in [6, 6.07) is 5.28. The molecule has 0 saturated heterocycles. The van der Waals surface area contributed by atoms with Crippen LogP contribution in [0.4, 0.5) is 5.69 Å². The fraction of sp³-hybridized carbons (Fsp3) is 0.333. The minimum absolute atomic E-state index is 0.130. The molecule has 0 saturated carbocycles. The normalized spacial score (nSPS) is 14.8. The molecular formula is C12H15ClIN3O2. The first-order chi connectivity index (χ1) is 8.85. The summed E-state index contributed by atoms with van der Waals surface area (Å²) in [6.07, 6.45) is 0.400. The molecule has 1 atom stereocenters. The number of carbonyl (C=O) groups is 1. The summed E-state index contributed by atoms with van der Waals surface area (Å²) >= 11 is 8.18. The summed E-state index contributed by atoms with van der Waals surface area (Å²) in [6.45, 7) is 3.39. The zero-order valence-electron chi connectivity index (χ0n) is 10.6. The van der Waals surface area contributed by atoms with Gasteiger partial charge in [0, 0.05) is 3.57 Å². The fourth-order valence-corrected chi connectivity index (χ4v) is 2.32. The van der Waals surface area contributed by atoms with Crippen molar-refractivity contribution in [2.24, 2.45) is 16.3 Å². The average molecular weight is 396 g/mol. The highest BCUT2D eigenvalue weighted by molar-refractivity contribution is 14.1. The van der Waals surface area contributed by atoms with Gasteiger partial charge < -0.3 is 16.3 Å². The molecule has 5 nitrogen and oxygen atoms in total. The molecule has 0 radical (unpaired) electrons. The molecule has 1 amide bonds. The standard InChI is InChI=1S/C12H15ClIN3O2/c1-3-12(2,10(15)17-19)11(18)16-9-5-4-7(14)6-8(9)13/h4-6,19H,3H2,1-2H3,(H2,15,17)(H,16,18). The smallest absolute Gasteiger partial charge is 0.238 e. The summed E-state index contributed by atoms with van der Waals surface area (Å²) < 4.78 is 0.968. The summed E-state index contributed by atoms with van der Waals surface area (Å²) in [4.78, 5) is 12.3. The van der Waals surface area contributed by atoms with Crippen molar-refractivity contribution in [2.75, 3.05) is 5.32 Å². The van der Waals surface area contributed by atoms with Gasteiger partial charge >= 0.3 is 0 Å². The van der Waals surface area contributed by atoms with Crippen molar-refractivity contribution in [3.8, 4) is 0 Å². The number of nitrogens with two attached hydrogens (primary N) is 1. The van der Waals surface area contributed by atoms with Gasteiger partial charge in [-0.05, 0) is 54.1 Å². The molecule has 0 aliphatic heterocycles. The first kappa shape index (κ1) is 16.0. The predicted octanol–water partition coefficient (Wildman–Crippen LogP) is 3.05. The largest absolute Gasteiger partial charge is 0.409 e. The second kappa shape index (κ2) is 6.42. The molecule has 0 aliphatic carbocycles. The number of oxime groups is 1. The number of rotatable bonds is 4. The van der Waals surface area contributed by atoms with Gasteiger partial charge in [-0.25, -0.2) is 0 Å². The van der Waals surface area contributed by atoms with Gasteiger partial charge in [-0.1, -0.05) is 23.7 Å². The second-order valence-electron chi connectivity index (χ2n) is 4.25. The topological polar surface area (TPSA) is 87.7 Å². The van der Waals surface area contributed by atoms with Gasteiger partial charge in [-0.2, -0.15) is 0 Å². The molecule has 1 aromatic carbocycles. The summed E-state index contributed by atoms with van der Waals surface area (Å²) in [5, 5.41) is 14.8. The Morgan fingerprint density at radius 1 is 1.63 bits per heavy atom. The van der Waals surface area contributed by atoms with Gasteiger partial charge in [0.1, 0.15) is 5.41 Å². The molecule has 0 spiro atoms. The van der Waals surface area contributed by atoms with Crippen molar-refractivity contribution in [3.05, 3.63) is 26.8 Å². The van der Waals surface area contributed by atoms with E-state index in [0.29, 0.717) is 17.1 Å². The second-order valence-corrected chi connectivity index (χ2v) is 5.90. The SMILES string of the molecule is CCC(C)(C(=O)Nc1ccc(I)cc1Cl)/C(N)=N/O. The molecule has 1 unspecified atom stereocenters. The van der Waals surface area contributed by atoms with Gasteiger partial charge in [-0.3, -0.25) is 4.79 Å². The maximum Gasteiger partial charge on any atom is 0.238 e. The van der Waals surface area contributed by atoms with E-state index in [2.05, 4.69) is 33.1 Å². The lowest BCUT2D eigenvalue weighted by atomic mass is 9.85. The maximum atomic E-state index is 12.3. The van der Waals surface area contributed by atoms with E-state index in [4.69, 9.17) is 22.5 Å². The summed E-state index contributed by atoms with van der Waals surface area (Å²) in [5.41, 5.74) is 5.00. The highest BCUT2D eigenvalue weighted by Gasteiger charge is 2.36. The van der Waals surface area contributed by atoms with Crippen LogP contribution >= 0.6 is 34.2 Å². The fourth-order valence-electron chi connectivity index (χ4n) is 1.42. The molecule has 0 heterocycles. The van der Waals surface area contributed by atoms with Crippen LogP contribution in [0.5, 0.6) is 0 Å². The highest BCUT2D eigenvalue weighted by Crippen LogP contribution is 2.28. The molecule has 0 fully saturated rings. The van der Waals surface area contributed by atoms with Gasteiger partial charge in [0.2, 0.25) is 5.91 Å². The number of hydrogen-bond acceptors (Lipinski definition) is 3. The maximum absolute atomic E-state index is 12.3. The van der Waals surface area contributed by atoms with Crippen molar-refractivity contribution in [3.63, 3.8) is 0 Å². The Kier molecular flexibility index (Phi) is 5.42. The molecule has 0 aromatic heterocycles. The zero-order chi connectivity index (χ0) is 14.6. The van der Waals surface area contributed by atoms with Crippen molar-refractivity contribution >= 4 is 51.6 Å². The van der Waals surface area contributed by atoms with Crippen LogP contribution in [0.2, 0.25) is 5.02 Å². The van der Waals surface area contributed by atoms with Crippen molar-refractivity contribution in [1.29, 1.82) is 0 Å². The number of amides is 1. The molecule has 4 N–H and O–H groups in total.